The van der Waals surface area contributed by atoms with Gasteiger partial charge < -0.3 is 14.5 Å². The number of nitrogens with one attached hydrogen (secondary N) is 1. The number of imidazole rings is 1. The summed E-state index contributed by atoms with van der Waals surface area (Å²) >= 11 is 0. The summed E-state index contributed by atoms with van der Waals surface area (Å²) in [7, 11) is 0. The van der Waals surface area contributed by atoms with Gasteiger partial charge in [-0.05, 0) is 29.8 Å². The van der Waals surface area contributed by atoms with Crippen LogP contribution in [-0.4, -0.2) is 28.2 Å². The van der Waals surface area contributed by atoms with Crippen LogP contribution in [0.4, 0.5) is 0 Å². The molecule has 0 aliphatic carbocycles. The Bertz CT molecular complexity index is 1060. The van der Waals surface area contributed by atoms with E-state index in [2.05, 4.69) is 28.2 Å². The van der Waals surface area contributed by atoms with E-state index in [0.29, 0.717) is 13.2 Å². The van der Waals surface area contributed by atoms with E-state index in [0.717, 1.165) is 45.2 Å². The van der Waals surface area contributed by atoms with Gasteiger partial charge in [0.15, 0.2) is 17.1 Å². The van der Waals surface area contributed by atoms with Crippen LogP contribution in [0.1, 0.15) is 0 Å². The average Bonchev–Trinajstić information content (AvgIpc) is 3.11. The fourth-order valence-electron chi connectivity index (χ4n) is 3.01. The lowest BCUT2D eigenvalue weighted by molar-refractivity contribution is 0.171. The molecule has 5 nitrogen and oxygen atoms in total. The molecule has 2 aromatic heterocycles. The zero-order chi connectivity index (χ0) is 16.6. The molecule has 0 saturated heterocycles. The summed E-state index contributed by atoms with van der Waals surface area (Å²) < 4.78 is 11.2. The van der Waals surface area contributed by atoms with Gasteiger partial charge in [0.25, 0.3) is 0 Å². The quantitative estimate of drug-likeness (QED) is 0.602. The van der Waals surface area contributed by atoms with Crippen molar-refractivity contribution in [2.24, 2.45) is 0 Å². The number of hydrogen-bond acceptors (Lipinski definition) is 4. The van der Waals surface area contributed by atoms with Crippen molar-refractivity contribution in [1.29, 1.82) is 0 Å². The van der Waals surface area contributed by atoms with E-state index < -0.39 is 0 Å². The molecule has 0 spiro atoms. The van der Waals surface area contributed by atoms with Crippen LogP contribution in [0, 0.1) is 0 Å². The lowest BCUT2D eigenvalue weighted by Crippen LogP contribution is -2.15. The maximum atomic E-state index is 5.65. The molecule has 25 heavy (non-hydrogen) atoms. The van der Waals surface area contributed by atoms with Crippen molar-refractivity contribution >= 4 is 11.2 Å². The number of fused-ring (bicyclic) bond motifs is 2. The summed E-state index contributed by atoms with van der Waals surface area (Å²) in [5, 5.41) is 0. The van der Waals surface area contributed by atoms with E-state index in [9.17, 15) is 0 Å². The van der Waals surface area contributed by atoms with Gasteiger partial charge in [-0.3, -0.25) is 0 Å². The summed E-state index contributed by atoms with van der Waals surface area (Å²) in [6, 6.07) is 18.1. The fourth-order valence-corrected chi connectivity index (χ4v) is 3.01. The van der Waals surface area contributed by atoms with Crippen LogP contribution in [0.5, 0.6) is 11.5 Å². The molecule has 1 N–H and O–H groups in total. The lowest BCUT2D eigenvalue weighted by Gasteiger charge is -2.18. The molecule has 0 saturated carbocycles. The van der Waals surface area contributed by atoms with Crippen molar-refractivity contribution in [3.8, 4) is 34.0 Å². The third-order valence-electron chi connectivity index (χ3n) is 4.26. The standard InChI is InChI=1S/C20H15N3O2/c1-2-4-13(5-3-1)15-10-16-20(21-12-15)23-19(22-16)14-6-7-17-18(11-14)25-9-8-24-17/h1-7,10-12H,8-9H2,(H,21,22,23). The minimum absolute atomic E-state index is 0.568. The van der Waals surface area contributed by atoms with Gasteiger partial charge in [-0.15, -0.1) is 0 Å². The van der Waals surface area contributed by atoms with Gasteiger partial charge in [0, 0.05) is 17.3 Å². The highest BCUT2D eigenvalue weighted by molar-refractivity contribution is 5.81. The lowest BCUT2D eigenvalue weighted by atomic mass is 10.1. The molecule has 0 amide bonds. The van der Waals surface area contributed by atoms with Gasteiger partial charge in [-0.25, -0.2) is 9.97 Å². The predicted molar refractivity (Wildman–Crippen MR) is 95.8 cm³/mol. The van der Waals surface area contributed by atoms with Crippen LogP contribution in [0.15, 0.2) is 60.8 Å². The minimum Gasteiger partial charge on any atom is -0.486 e. The van der Waals surface area contributed by atoms with Gasteiger partial charge in [-0.1, -0.05) is 30.3 Å². The topological polar surface area (TPSA) is 60.0 Å². The van der Waals surface area contributed by atoms with Crippen molar-refractivity contribution in [2.45, 2.75) is 0 Å². The molecule has 5 rings (SSSR count). The Labute approximate surface area is 144 Å². The number of aromatic amines is 1. The van der Waals surface area contributed by atoms with Crippen LogP contribution < -0.4 is 9.47 Å². The van der Waals surface area contributed by atoms with Crippen LogP contribution in [0.2, 0.25) is 0 Å². The van der Waals surface area contributed by atoms with Gasteiger partial charge in [0.2, 0.25) is 0 Å². The van der Waals surface area contributed by atoms with Crippen LogP contribution in [0.25, 0.3) is 33.7 Å². The van der Waals surface area contributed by atoms with Crippen molar-refractivity contribution in [2.75, 3.05) is 13.2 Å². The number of hydrogen-bond donors (Lipinski definition) is 1. The molecule has 122 valence electrons. The Hall–Kier alpha value is -3.34. The molecule has 2 aromatic carbocycles. The number of benzene rings is 2. The Kier molecular flexibility index (Phi) is 3.16. The summed E-state index contributed by atoms with van der Waals surface area (Å²) in [4.78, 5) is 12.5. The zero-order valence-corrected chi connectivity index (χ0v) is 13.4. The summed E-state index contributed by atoms with van der Waals surface area (Å²) in [5.41, 5.74) is 4.73. The Morgan fingerprint density at radius 2 is 1.64 bits per heavy atom. The SMILES string of the molecule is c1ccc(-c2cnc3[nH]c(-c4ccc5c(c4)OCCO5)nc3c2)cc1. The molecule has 4 aromatic rings. The molecule has 1 aliphatic heterocycles. The summed E-state index contributed by atoms with van der Waals surface area (Å²) in [6.07, 6.45) is 1.86. The second kappa shape index (κ2) is 5.63. The van der Waals surface area contributed by atoms with Crippen LogP contribution in [0.3, 0.4) is 0 Å². The molecule has 1 aliphatic rings. The Morgan fingerprint density at radius 1 is 0.800 bits per heavy atom. The molecule has 0 fully saturated rings. The van der Waals surface area contributed by atoms with Crippen molar-refractivity contribution in [3.05, 3.63) is 60.8 Å². The first kappa shape index (κ1) is 14.0. The monoisotopic (exact) mass is 329 g/mol. The van der Waals surface area contributed by atoms with Gasteiger partial charge in [0.05, 0.1) is 0 Å². The molecule has 0 unspecified atom stereocenters. The number of ether oxygens (including phenoxy) is 2. The first-order valence-electron chi connectivity index (χ1n) is 8.18. The van der Waals surface area contributed by atoms with Crippen molar-refractivity contribution < 1.29 is 9.47 Å². The van der Waals surface area contributed by atoms with Gasteiger partial charge in [0.1, 0.15) is 24.6 Å². The fraction of sp³-hybridized carbons (Fsp3) is 0.100. The predicted octanol–water partition coefficient (Wildman–Crippen LogP) is 4.06. The number of H-pyrrole nitrogens is 1. The van der Waals surface area contributed by atoms with Crippen LogP contribution >= 0.6 is 0 Å². The van der Waals surface area contributed by atoms with E-state index in [4.69, 9.17) is 14.5 Å². The van der Waals surface area contributed by atoms with Crippen LogP contribution in [-0.2, 0) is 0 Å². The summed E-state index contributed by atoms with van der Waals surface area (Å²) in [6.45, 7) is 1.15. The van der Waals surface area contributed by atoms with E-state index in [1.165, 1.54) is 0 Å². The number of aromatic nitrogens is 3. The number of rotatable bonds is 2. The van der Waals surface area contributed by atoms with E-state index in [-0.39, 0.29) is 0 Å². The van der Waals surface area contributed by atoms with Gasteiger partial charge >= 0.3 is 0 Å². The molecule has 5 heteroatoms. The first-order valence-corrected chi connectivity index (χ1v) is 8.18. The summed E-state index contributed by atoms with van der Waals surface area (Å²) in [5.74, 6) is 2.29. The molecule has 0 bridgehead atoms. The number of nitrogens with zero attached hydrogens (tertiary/aromatic N) is 2. The van der Waals surface area contributed by atoms with Crippen molar-refractivity contribution in [3.63, 3.8) is 0 Å². The largest absolute Gasteiger partial charge is 0.486 e. The third-order valence-corrected chi connectivity index (χ3v) is 4.26. The van der Waals surface area contributed by atoms with E-state index in [1.807, 2.05) is 42.6 Å². The Morgan fingerprint density at radius 3 is 2.52 bits per heavy atom. The molecule has 3 heterocycles. The second-order valence-corrected chi connectivity index (χ2v) is 5.90. The highest BCUT2D eigenvalue weighted by atomic mass is 16.6. The third kappa shape index (κ3) is 2.50. The highest BCUT2D eigenvalue weighted by Crippen LogP contribution is 2.34. The zero-order valence-electron chi connectivity index (χ0n) is 13.4. The molecule has 0 radical (unpaired) electrons. The molecular formula is C20H15N3O2. The Balaban J connectivity index is 1.56. The van der Waals surface area contributed by atoms with Crippen molar-refractivity contribution in [1.82, 2.24) is 15.0 Å². The normalized spacial score (nSPS) is 13.1. The maximum absolute atomic E-state index is 5.65. The molecule has 0 atom stereocenters. The number of pyridine rings is 1. The minimum atomic E-state index is 0.568. The highest BCUT2D eigenvalue weighted by Gasteiger charge is 2.14. The average molecular weight is 329 g/mol. The van der Waals surface area contributed by atoms with E-state index in [1.54, 1.807) is 0 Å². The van der Waals surface area contributed by atoms with Gasteiger partial charge in [-0.2, -0.15) is 0 Å². The second-order valence-electron chi connectivity index (χ2n) is 5.90. The smallest absolute Gasteiger partial charge is 0.162 e. The van der Waals surface area contributed by atoms with E-state index >= 15 is 0 Å². The first-order chi connectivity index (χ1) is 12.4. The molecular weight excluding hydrogens is 314 g/mol. The maximum Gasteiger partial charge on any atom is 0.162 e.